The highest BCUT2D eigenvalue weighted by atomic mass is 32.2. The van der Waals surface area contributed by atoms with Gasteiger partial charge in [0.1, 0.15) is 17.2 Å². The maximum atomic E-state index is 12.8. The molecule has 0 unspecified atom stereocenters. The van der Waals surface area contributed by atoms with Crippen molar-refractivity contribution in [3.8, 4) is 5.69 Å². The molecule has 0 saturated heterocycles. The molecule has 0 amide bonds. The van der Waals surface area contributed by atoms with Gasteiger partial charge in [-0.3, -0.25) is 4.79 Å². The summed E-state index contributed by atoms with van der Waals surface area (Å²) in [6, 6.07) is 9.01. The van der Waals surface area contributed by atoms with Crippen molar-refractivity contribution in [2.24, 2.45) is 5.92 Å². The minimum atomic E-state index is -4.05. The Morgan fingerprint density at radius 2 is 1.86 bits per heavy atom. The van der Waals surface area contributed by atoms with Gasteiger partial charge in [-0.25, -0.2) is 13.1 Å². The van der Waals surface area contributed by atoms with Crippen molar-refractivity contribution in [1.82, 2.24) is 19.7 Å². The van der Waals surface area contributed by atoms with Crippen LogP contribution in [0, 0.1) is 5.92 Å². The second kappa shape index (κ2) is 9.09. The highest BCUT2D eigenvalue weighted by Gasteiger charge is 2.28. The SMILES string of the molecule is CC(C)[C@H](NS(=O)(=O)c1ccc2c(c1)oc1ccc(-n3cc(C4CCCCC4)nn3)cc12)C(=O)O. The lowest BCUT2D eigenvalue weighted by Gasteiger charge is -2.18. The summed E-state index contributed by atoms with van der Waals surface area (Å²) >= 11 is 0. The van der Waals surface area contributed by atoms with Crippen LogP contribution in [0.15, 0.2) is 51.9 Å². The van der Waals surface area contributed by atoms with E-state index in [2.05, 4.69) is 15.0 Å². The van der Waals surface area contributed by atoms with Crippen LogP contribution < -0.4 is 4.72 Å². The maximum absolute atomic E-state index is 12.8. The van der Waals surface area contributed by atoms with E-state index in [0.717, 1.165) is 35.0 Å². The number of sulfonamides is 1. The molecule has 0 bridgehead atoms. The van der Waals surface area contributed by atoms with Crippen LogP contribution in [0.2, 0.25) is 0 Å². The van der Waals surface area contributed by atoms with Crippen LogP contribution in [0.3, 0.4) is 0 Å². The molecule has 1 atom stereocenters. The molecule has 0 aliphatic heterocycles. The maximum Gasteiger partial charge on any atom is 0.322 e. The van der Waals surface area contributed by atoms with Crippen molar-refractivity contribution in [3.63, 3.8) is 0 Å². The molecule has 9 nitrogen and oxygen atoms in total. The quantitative estimate of drug-likeness (QED) is 0.383. The molecule has 35 heavy (non-hydrogen) atoms. The number of furan rings is 1. The first-order chi connectivity index (χ1) is 16.7. The van der Waals surface area contributed by atoms with E-state index in [1.54, 1.807) is 24.6 Å². The zero-order valence-electron chi connectivity index (χ0n) is 19.6. The van der Waals surface area contributed by atoms with E-state index in [9.17, 15) is 18.3 Å². The van der Waals surface area contributed by atoms with E-state index in [0.29, 0.717) is 17.1 Å². The molecule has 1 saturated carbocycles. The summed E-state index contributed by atoms with van der Waals surface area (Å²) in [6.07, 6.45) is 8.02. The highest BCUT2D eigenvalue weighted by Crippen LogP contribution is 2.33. The minimum Gasteiger partial charge on any atom is -0.480 e. The third kappa shape index (κ3) is 4.55. The number of fused-ring (bicyclic) bond motifs is 3. The van der Waals surface area contributed by atoms with Crippen molar-refractivity contribution in [3.05, 3.63) is 48.3 Å². The van der Waals surface area contributed by atoms with Gasteiger partial charge in [-0.1, -0.05) is 38.3 Å². The molecule has 10 heteroatoms. The lowest BCUT2D eigenvalue weighted by molar-refractivity contribution is -0.140. The number of rotatable bonds is 7. The van der Waals surface area contributed by atoms with Gasteiger partial charge in [0.25, 0.3) is 0 Å². The van der Waals surface area contributed by atoms with Crippen LogP contribution >= 0.6 is 0 Å². The van der Waals surface area contributed by atoms with E-state index in [1.807, 2.05) is 24.4 Å². The van der Waals surface area contributed by atoms with E-state index in [1.165, 1.54) is 31.4 Å². The number of carboxylic acid groups (broad SMARTS) is 1. The molecule has 2 aromatic heterocycles. The third-order valence-electron chi connectivity index (χ3n) is 6.75. The fourth-order valence-electron chi connectivity index (χ4n) is 4.75. The molecule has 5 rings (SSSR count). The number of carbonyl (C=O) groups is 1. The Labute approximate surface area is 203 Å². The summed E-state index contributed by atoms with van der Waals surface area (Å²) in [6.45, 7) is 3.29. The Balaban J connectivity index is 1.47. The van der Waals surface area contributed by atoms with Crippen LogP contribution in [0.1, 0.15) is 57.6 Å². The fraction of sp³-hybridized carbons (Fsp3) is 0.400. The van der Waals surface area contributed by atoms with Crippen molar-refractivity contribution in [1.29, 1.82) is 0 Å². The minimum absolute atomic E-state index is 0.0513. The topological polar surface area (TPSA) is 127 Å². The predicted molar refractivity (Wildman–Crippen MR) is 131 cm³/mol. The molecule has 2 aromatic carbocycles. The molecule has 184 valence electrons. The number of aliphatic carboxylic acids is 1. The van der Waals surface area contributed by atoms with Gasteiger partial charge >= 0.3 is 5.97 Å². The highest BCUT2D eigenvalue weighted by molar-refractivity contribution is 7.89. The van der Waals surface area contributed by atoms with Gasteiger partial charge in [0, 0.05) is 22.8 Å². The number of nitrogens with one attached hydrogen (secondary N) is 1. The average molecular weight is 497 g/mol. The van der Waals surface area contributed by atoms with Crippen molar-refractivity contribution < 1.29 is 22.7 Å². The molecule has 0 radical (unpaired) electrons. The van der Waals surface area contributed by atoms with E-state index < -0.39 is 28.0 Å². The lowest BCUT2D eigenvalue weighted by atomic mass is 9.87. The summed E-state index contributed by atoms with van der Waals surface area (Å²) in [5.74, 6) is -1.17. The lowest BCUT2D eigenvalue weighted by Crippen LogP contribution is -2.44. The monoisotopic (exact) mass is 496 g/mol. The summed E-state index contributed by atoms with van der Waals surface area (Å²) in [5.41, 5.74) is 2.88. The standard InChI is InChI=1S/C25H28N4O5S/c1-15(2)24(25(30)31)27-35(32,33)18-9-10-19-20-12-17(8-11-22(20)34-23(19)13-18)29-14-21(26-28-29)16-6-4-3-5-7-16/h8-16,24,27H,3-7H2,1-2H3,(H,30,31)/t24-/m0/s1. The Morgan fingerprint density at radius 1 is 1.09 bits per heavy atom. The van der Waals surface area contributed by atoms with Crippen LogP contribution in [0.5, 0.6) is 0 Å². The molecule has 2 heterocycles. The first-order valence-electron chi connectivity index (χ1n) is 11.9. The van der Waals surface area contributed by atoms with Gasteiger partial charge in [0.15, 0.2) is 0 Å². The number of hydrogen-bond donors (Lipinski definition) is 2. The molecular formula is C25H28N4O5S. The molecule has 1 aliphatic rings. The number of benzene rings is 2. The third-order valence-corrected chi connectivity index (χ3v) is 8.19. The van der Waals surface area contributed by atoms with E-state index in [-0.39, 0.29) is 4.90 Å². The first-order valence-corrected chi connectivity index (χ1v) is 13.4. The van der Waals surface area contributed by atoms with E-state index in [4.69, 9.17) is 4.42 Å². The van der Waals surface area contributed by atoms with Gasteiger partial charge in [-0.05, 0) is 49.1 Å². The molecule has 1 fully saturated rings. The fourth-order valence-corrected chi connectivity index (χ4v) is 6.10. The summed E-state index contributed by atoms with van der Waals surface area (Å²) in [7, 11) is -4.05. The smallest absolute Gasteiger partial charge is 0.322 e. The van der Waals surface area contributed by atoms with Crippen LogP contribution in [-0.2, 0) is 14.8 Å². The van der Waals surface area contributed by atoms with Crippen molar-refractivity contribution >= 4 is 37.9 Å². The van der Waals surface area contributed by atoms with Gasteiger partial charge < -0.3 is 9.52 Å². The first kappa shape index (κ1) is 23.5. The van der Waals surface area contributed by atoms with Crippen LogP contribution in [0.25, 0.3) is 27.6 Å². The Morgan fingerprint density at radius 3 is 2.57 bits per heavy atom. The molecular weight excluding hydrogens is 468 g/mol. The van der Waals surface area contributed by atoms with Gasteiger partial charge in [-0.15, -0.1) is 5.10 Å². The number of aromatic nitrogens is 3. The Hall–Kier alpha value is -3.24. The zero-order chi connectivity index (χ0) is 24.7. The average Bonchev–Trinajstić information content (AvgIpc) is 3.47. The Bertz CT molecular complexity index is 1500. The van der Waals surface area contributed by atoms with Crippen LogP contribution in [-0.4, -0.2) is 40.5 Å². The summed E-state index contributed by atoms with van der Waals surface area (Å²) in [5, 5.41) is 19.7. The van der Waals surface area contributed by atoms with Gasteiger partial charge in [0.05, 0.1) is 22.5 Å². The normalized spacial score (nSPS) is 16.3. The van der Waals surface area contributed by atoms with Gasteiger partial charge in [-0.2, -0.15) is 4.72 Å². The number of nitrogens with zero attached hydrogens (tertiary/aromatic N) is 3. The molecule has 4 aromatic rings. The second-order valence-corrected chi connectivity index (χ2v) is 11.3. The second-order valence-electron chi connectivity index (χ2n) is 9.54. The Kier molecular flexibility index (Phi) is 6.10. The van der Waals surface area contributed by atoms with Gasteiger partial charge in [0.2, 0.25) is 10.0 Å². The van der Waals surface area contributed by atoms with Crippen molar-refractivity contribution in [2.75, 3.05) is 0 Å². The van der Waals surface area contributed by atoms with E-state index >= 15 is 0 Å². The van der Waals surface area contributed by atoms with Crippen molar-refractivity contribution in [2.45, 2.75) is 62.8 Å². The molecule has 0 spiro atoms. The van der Waals surface area contributed by atoms with Crippen LogP contribution in [0.4, 0.5) is 0 Å². The molecule has 1 aliphatic carbocycles. The summed E-state index contributed by atoms with van der Waals surface area (Å²) in [4.78, 5) is 11.4. The molecule has 2 N–H and O–H groups in total. The summed E-state index contributed by atoms with van der Waals surface area (Å²) < 4.78 is 35.7. The largest absolute Gasteiger partial charge is 0.480 e. The zero-order valence-corrected chi connectivity index (χ0v) is 20.5. The number of hydrogen-bond acceptors (Lipinski definition) is 6. The number of carboxylic acids is 1. The predicted octanol–water partition coefficient (Wildman–Crippen LogP) is 4.60.